The normalized spacial score (nSPS) is 11.2. The monoisotopic (exact) mass is 255 g/mol. The summed E-state index contributed by atoms with van der Waals surface area (Å²) in [5.74, 6) is -0.301. The van der Waals surface area contributed by atoms with Crippen molar-refractivity contribution in [2.75, 3.05) is 10.5 Å². The molecule has 1 aromatic rings. The zero-order valence-electron chi connectivity index (χ0n) is 10.3. The van der Waals surface area contributed by atoms with Gasteiger partial charge in [0, 0.05) is 12.1 Å². The van der Waals surface area contributed by atoms with Gasteiger partial charge in [-0.15, -0.1) is 0 Å². The van der Waals surface area contributed by atoms with E-state index >= 15 is 0 Å². The molecule has 0 heterocycles. The molecule has 0 fully saturated rings. The average molecular weight is 255 g/mol. The van der Waals surface area contributed by atoms with Crippen molar-refractivity contribution in [1.29, 1.82) is 0 Å². The summed E-state index contributed by atoms with van der Waals surface area (Å²) in [6.07, 6.45) is 0.0418. The van der Waals surface area contributed by atoms with Crippen LogP contribution in [0.2, 0.25) is 0 Å². The molecule has 0 radical (unpaired) electrons. The van der Waals surface area contributed by atoms with Gasteiger partial charge < -0.3 is 0 Å². The number of carbonyl (C=O) groups excluding carboxylic acids is 1. The highest BCUT2D eigenvalue weighted by atomic mass is 32.2. The van der Waals surface area contributed by atoms with Gasteiger partial charge in [-0.3, -0.25) is 9.52 Å². The molecule has 0 saturated carbocycles. The molecular formula is C12H17NO3S. The molecule has 94 valence electrons. The van der Waals surface area contributed by atoms with Crippen LogP contribution in [-0.4, -0.2) is 20.0 Å². The lowest BCUT2D eigenvalue weighted by molar-refractivity contribution is -0.116. The Hall–Kier alpha value is -1.36. The second-order valence-corrected chi connectivity index (χ2v) is 6.01. The van der Waals surface area contributed by atoms with Gasteiger partial charge >= 0.3 is 0 Å². The Morgan fingerprint density at radius 1 is 1.24 bits per heavy atom. The van der Waals surface area contributed by atoms with Crippen LogP contribution < -0.4 is 4.72 Å². The lowest BCUT2D eigenvalue weighted by Crippen LogP contribution is -2.18. The van der Waals surface area contributed by atoms with Gasteiger partial charge in [-0.1, -0.05) is 6.07 Å². The SMILES string of the molecule is CC(=O)CCS(=O)(=O)Nc1ccc(C)c(C)c1. The average Bonchev–Trinajstić information content (AvgIpc) is 2.21. The first-order chi connectivity index (χ1) is 7.80. The lowest BCUT2D eigenvalue weighted by atomic mass is 10.1. The molecule has 0 spiro atoms. The van der Waals surface area contributed by atoms with Crippen molar-refractivity contribution in [3.63, 3.8) is 0 Å². The summed E-state index contributed by atoms with van der Waals surface area (Å²) in [7, 11) is -3.43. The standard InChI is InChI=1S/C12H17NO3S/c1-9-4-5-12(8-10(9)2)13-17(15,16)7-6-11(3)14/h4-5,8,13H,6-7H2,1-3H3. The third-order valence-electron chi connectivity index (χ3n) is 2.50. The minimum atomic E-state index is -3.43. The van der Waals surface area contributed by atoms with E-state index in [4.69, 9.17) is 0 Å². The van der Waals surface area contributed by atoms with Gasteiger partial charge in [0.2, 0.25) is 10.0 Å². The first kappa shape index (κ1) is 13.7. The van der Waals surface area contributed by atoms with E-state index in [0.29, 0.717) is 5.69 Å². The third-order valence-corrected chi connectivity index (χ3v) is 3.79. The molecule has 5 heteroatoms. The summed E-state index contributed by atoms with van der Waals surface area (Å²) in [5, 5.41) is 0. The van der Waals surface area contributed by atoms with Gasteiger partial charge in [-0.05, 0) is 44.0 Å². The fraction of sp³-hybridized carbons (Fsp3) is 0.417. The van der Waals surface area contributed by atoms with E-state index in [1.165, 1.54) is 6.92 Å². The summed E-state index contributed by atoms with van der Waals surface area (Å²) in [6, 6.07) is 5.35. The topological polar surface area (TPSA) is 63.2 Å². The number of hydrogen-bond donors (Lipinski definition) is 1. The maximum Gasteiger partial charge on any atom is 0.233 e. The summed E-state index contributed by atoms with van der Waals surface area (Å²) < 4.78 is 25.7. The molecule has 0 unspecified atom stereocenters. The number of ketones is 1. The van der Waals surface area contributed by atoms with Crippen LogP contribution in [0.15, 0.2) is 18.2 Å². The van der Waals surface area contributed by atoms with Crippen LogP contribution in [0.25, 0.3) is 0 Å². The quantitative estimate of drug-likeness (QED) is 0.875. The molecule has 1 rings (SSSR count). The van der Waals surface area contributed by atoms with E-state index in [9.17, 15) is 13.2 Å². The van der Waals surface area contributed by atoms with Crippen LogP contribution in [0.1, 0.15) is 24.5 Å². The second kappa shape index (κ2) is 5.31. The van der Waals surface area contributed by atoms with E-state index in [2.05, 4.69) is 4.72 Å². The van der Waals surface area contributed by atoms with Crippen LogP contribution in [0, 0.1) is 13.8 Å². The van der Waals surface area contributed by atoms with E-state index < -0.39 is 10.0 Å². The van der Waals surface area contributed by atoms with Crippen molar-refractivity contribution in [3.05, 3.63) is 29.3 Å². The fourth-order valence-corrected chi connectivity index (χ4v) is 2.46. The van der Waals surface area contributed by atoms with Gasteiger partial charge in [0.15, 0.2) is 0 Å². The summed E-state index contributed by atoms with van der Waals surface area (Å²) in [6.45, 7) is 5.26. The molecule has 0 aromatic heterocycles. The second-order valence-electron chi connectivity index (χ2n) is 4.17. The van der Waals surface area contributed by atoms with Crippen molar-refractivity contribution in [2.24, 2.45) is 0 Å². The number of anilines is 1. The van der Waals surface area contributed by atoms with Crippen LogP contribution in [0.5, 0.6) is 0 Å². The molecule has 1 aromatic carbocycles. The van der Waals surface area contributed by atoms with E-state index in [1.54, 1.807) is 12.1 Å². The largest absolute Gasteiger partial charge is 0.300 e. The molecule has 17 heavy (non-hydrogen) atoms. The van der Waals surface area contributed by atoms with Crippen LogP contribution in [0.3, 0.4) is 0 Å². The molecule has 0 bridgehead atoms. The van der Waals surface area contributed by atoms with Gasteiger partial charge in [0.05, 0.1) is 5.75 Å². The highest BCUT2D eigenvalue weighted by Gasteiger charge is 2.11. The maximum atomic E-state index is 11.6. The molecular weight excluding hydrogens is 238 g/mol. The summed E-state index contributed by atoms with van der Waals surface area (Å²) >= 11 is 0. The zero-order chi connectivity index (χ0) is 13.1. The Morgan fingerprint density at radius 2 is 1.88 bits per heavy atom. The number of benzene rings is 1. The van der Waals surface area contributed by atoms with Gasteiger partial charge in [-0.2, -0.15) is 0 Å². The van der Waals surface area contributed by atoms with Gasteiger partial charge in [-0.25, -0.2) is 8.42 Å². The molecule has 4 nitrogen and oxygen atoms in total. The molecule has 0 amide bonds. The molecule has 0 aliphatic rings. The number of sulfonamides is 1. The maximum absolute atomic E-state index is 11.6. The van der Waals surface area contributed by atoms with E-state index in [1.807, 2.05) is 19.9 Å². The van der Waals surface area contributed by atoms with Crippen molar-refractivity contribution in [1.82, 2.24) is 0 Å². The van der Waals surface area contributed by atoms with E-state index in [-0.39, 0.29) is 18.0 Å². The number of Topliss-reactive ketones (excluding diaryl/α,β-unsaturated/α-hetero) is 1. The number of hydrogen-bond acceptors (Lipinski definition) is 3. The molecule has 0 saturated heterocycles. The minimum Gasteiger partial charge on any atom is -0.300 e. The van der Waals surface area contributed by atoms with Crippen LogP contribution in [0.4, 0.5) is 5.69 Å². The Bertz CT molecular complexity index is 521. The highest BCUT2D eigenvalue weighted by Crippen LogP contribution is 2.15. The van der Waals surface area contributed by atoms with Crippen LogP contribution in [-0.2, 0) is 14.8 Å². The summed E-state index contributed by atoms with van der Waals surface area (Å²) in [5.41, 5.74) is 2.67. The lowest BCUT2D eigenvalue weighted by Gasteiger charge is -2.09. The van der Waals surface area contributed by atoms with Crippen molar-refractivity contribution >= 4 is 21.5 Å². The first-order valence-corrected chi connectivity index (χ1v) is 7.02. The molecule has 0 atom stereocenters. The Morgan fingerprint density at radius 3 is 2.41 bits per heavy atom. The molecule has 1 N–H and O–H groups in total. The van der Waals surface area contributed by atoms with Crippen molar-refractivity contribution < 1.29 is 13.2 Å². The minimum absolute atomic E-state index is 0.0418. The fourth-order valence-electron chi connectivity index (χ4n) is 1.31. The zero-order valence-corrected chi connectivity index (χ0v) is 11.1. The Balaban J connectivity index is 2.76. The predicted molar refractivity (Wildman–Crippen MR) is 68.6 cm³/mol. The number of rotatable bonds is 5. The van der Waals surface area contributed by atoms with Gasteiger partial charge in [0.1, 0.15) is 5.78 Å². The van der Waals surface area contributed by atoms with Crippen molar-refractivity contribution in [2.45, 2.75) is 27.2 Å². The Labute approximate surface area is 102 Å². The smallest absolute Gasteiger partial charge is 0.233 e. The Kier molecular flexibility index (Phi) is 4.28. The van der Waals surface area contributed by atoms with Gasteiger partial charge in [0.25, 0.3) is 0 Å². The molecule has 0 aliphatic heterocycles. The molecule has 0 aliphatic carbocycles. The number of aryl methyl sites for hydroxylation is 2. The highest BCUT2D eigenvalue weighted by molar-refractivity contribution is 7.92. The number of carbonyl (C=O) groups is 1. The number of nitrogens with one attached hydrogen (secondary N) is 1. The predicted octanol–water partition coefficient (Wildman–Crippen LogP) is 2.02. The van der Waals surface area contributed by atoms with Crippen LogP contribution >= 0.6 is 0 Å². The van der Waals surface area contributed by atoms with Crippen molar-refractivity contribution in [3.8, 4) is 0 Å². The first-order valence-electron chi connectivity index (χ1n) is 5.37. The van der Waals surface area contributed by atoms with E-state index in [0.717, 1.165) is 11.1 Å². The third kappa shape index (κ3) is 4.56. The summed E-state index contributed by atoms with van der Waals surface area (Å²) in [4.78, 5) is 10.7.